The van der Waals surface area contributed by atoms with Crippen LogP contribution in [0.2, 0.25) is 0 Å². The highest BCUT2D eigenvalue weighted by molar-refractivity contribution is 9.10. The zero-order valence-electron chi connectivity index (χ0n) is 19.1. The predicted octanol–water partition coefficient (Wildman–Crippen LogP) is 5.33. The molecule has 1 aliphatic heterocycles. The first-order valence-corrected chi connectivity index (χ1v) is 12.1. The number of ether oxygens (including phenoxy) is 1. The molecule has 0 spiro atoms. The van der Waals surface area contributed by atoms with Gasteiger partial charge in [-0.25, -0.2) is 0 Å². The standard InChI is InChI=1S/C26H20BrN3O5S/c1-2-16-3-8-20(9-4-16)29-25(32)22(24(31)28-26(29)36)14-18-13-19(27)7-12-23(18)35-15-17-5-10-21(11-6-17)30(33)34/h3-14H,2,15H2,1H3,(H,28,31,36)/b22-14+. The van der Waals surface area contributed by atoms with E-state index in [0.29, 0.717) is 17.0 Å². The average molecular weight is 566 g/mol. The van der Waals surface area contributed by atoms with Crippen LogP contribution in [-0.4, -0.2) is 21.9 Å². The SMILES string of the molecule is CCc1ccc(N2C(=O)/C(=C/c3cc(Br)ccc3OCc3ccc([N+](=O)[O-])cc3)C(=O)NC2=S)cc1. The summed E-state index contributed by atoms with van der Waals surface area (Å²) in [6, 6.07) is 18.6. The van der Waals surface area contributed by atoms with E-state index in [9.17, 15) is 19.7 Å². The minimum atomic E-state index is -0.604. The van der Waals surface area contributed by atoms with Crippen LogP contribution in [0, 0.1) is 10.1 Å². The molecular weight excluding hydrogens is 546 g/mol. The summed E-state index contributed by atoms with van der Waals surface area (Å²) < 4.78 is 6.66. The van der Waals surface area contributed by atoms with Crippen LogP contribution in [0.25, 0.3) is 6.08 Å². The molecule has 0 unspecified atom stereocenters. The number of carbonyl (C=O) groups excluding carboxylic acids is 2. The Morgan fingerprint density at radius 1 is 1.06 bits per heavy atom. The van der Waals surface area contributed by atoms with Crippen molar-refractivity contribution in [3.05, 3.63) is 104 Å². The molecule has 3 aromatic rings. The third-order valence-electron chi connectivity index (χ3n) is 5.52. The lowest BCUT2D eigenvalue weighted by molar-refractivity contribution is -0.384. The molecule has 0 aliphatic carbocycles. The molecule has 0 atom stereocenters. The van der Waals surface area contributed by atoms with Gasteiger partial charge in [-0.2, -0.15) is 0 Å². The van der Waals surface area contributed by atoms with Gasteiger partial charge in [0.2, 0.25) is 0 Å². The van der Waals surface area contributed by atoms with Crippen LogP contribution < -0.4 is 15.0 Å². The van der Waals surface area contributed by atoms with Crippen molar-refractivity contribution < 1.29 is 19.2 Å². The maximum absolute atomic E-state index is 13.4. The Kier molecular flexibility index (Phi) is 7.56. The van der Waals surface area contributed by atoms with Crippen molar-refractivity contribution in [1.82, 2.24) is 5.32 Å². The Balaban J connectivity index is 1.62. The molecule has 8 nitrogen and oxygen atoms in total. The Bertz CT molecular complexity index is 1390. The minimum absolute atomic E-state index is 0.00952. The number of halogens is 1. The van der Waals surface area contributed by atoms with E-state index >= 15 is 0 Å². The number of carbonyl (C=O) groups is 2. The highest BCUT2D eigenvalue weighted by Crippen LogP contribution is 2.29. The van der Waals surface area contributed by atoms with Crippen molar-refractivity contribution in [3.8, 4) is 5.75 Å². The lowest BCUT2D eigenvalue weighted by atomic mass is 10.1. The highest BCUT2D eigenvalue weighted by atomic mass is 79.9. The number of benzene rings is 3. The van der Waals surface area contributed by atoms with Crippen molar-refractivity contribution in [1.29, 1.82) is 0 Å². The molecule has 3 aromatic carbocycles. The van der Waals surface area contributed by atoms with Gasteiger partial charge in [0.15, 0.2) is 5.11 Å². The topological polar surface area (TPSA) is 102 Å². The molecule has 0 radical (unpaired) electrons. The van der Waals surface area contributed by atoms with E-state index in [1.165, 1.54) is 23.1 Å². The summed E-state index contributed by atoms with van der Waals surface area (Å²) >= 11 is 8.70. The van der Waals surface area contributed by atoms with Gasteiger partial charge in [0, 0.05) is 22.2 Å². The third-order valence-corrected chi connectivity index (χ3v) is 6.30. The fourth-order valence-corrected chi connectivity index (χ4v) is 4.23. The molecule has 0 aromatic heterocycles. The molecule has 182 valence electrons. The van der Waals surface area contributed by atoms with Gasteiger partial charge in [-0.05, 0) is 78.3 Å². The van der Waals surface area contributed by atoms with E-state index in [4.69, 9.17) is 17.0 Å². The van der Waals surface area contributed by atoms with Crippen LogP contribution in [0.1, 0.15) is 23.6 Å². The van der Waals surface area contributed by atoms with Crippen molar-refractivity contribution in [2.45, 2.75) is 20.0 Å². The average Bonchev–Trinajstić information content (AvgIpc) is 2.86. The van der Waals surface area contributed by atoms with Crippen LogP contribution in [0.3, 0.4) is 0 Å². The van der Waals surface area contributed by atoms with E-state index in [1.807, 2.05) is 19.1 Å². The molecule has 2 amide bonds. The number of aryl methyl sites for hydroxylation is 1. The molecular formula is C26H20BrN3O5S. The Morgan fingerprint density at radius 3 is 2.36 bits per heavy atom. The highest BCUT2D eigenvalue weighted by Gasteiger charge is 2.34. The summed E-state index contributed by atoms with van der Waals surface area (Å²) in [6.45, 7) is 2.17. The maximum atomic E-state index is 13.4. The second-order valence-corrected chi connectivity index (χ2v) is 9.17. The number of anilines is 1. The van der Waals surface area contributed by atoms with Crippen LogP contribution in [0.15, 0.2) is 76.8 Å². The van der Waals surface area contributed by atoms with Gasteiger partial charge in [0.05, 0.1) is 10.6 Å². The van der Waals surface area contributed by atoms with E-state index in [0.717, 1.165) is 22.0 Å². The molecule has 1 heterocycles. The van der Waals surface area contributed by atoms with Crippen LogP contribution in [0.5, 0.6) is 5.75 Å². The van der Waals surface area contributed by atoms with Gasteiger partial charge in [-0.1, -0.05) is 35.0 Å². The number of nitrogens with zero attached hydrogens (tertiary/aromatic N) is 2. The van der Waals surface area contributed by atoms with Crippen molar-refractivity contribution >= 4 is 62.5 Å². The lowest BCUT2D eigenvalue weighted by Crippen LogP contribution is -2.54. The van der Waals surface area contributed by atoms with Crippen LogP contribution in [-0.2, 0) is 22.6 Å². The summed E-state index contributed by atoms with van der Waals surface area (Å²) in [5, 5.41) is 13.5. The van der Waals surface area contributed by atoms with E-state index in [1.54, 1.807) is 42.5 Å². The largest absolute Gasteiger partial charge is 0.488 e. The first kappa shape index (κ1) is 25.2. The number of hydrogen-bond donors (Lipinski definition) is 1. The first-order valence-electron chi connectivity index (χ1n) is 10.9. The fraction of sp³-hybridized carbons (Fsp3) is 0.115. The lowest BCUT2D eigenvalue weighted by Gasteiger charge is -2.29. The summed E-state index contributed by atoms with van der Waals surface area (Å²) in [6.07, 6.45) is 2.31. The predicted molar refractivity (Wildman–Crippen MR) is 144 cm³/mol. The summed E-state index contributed by atoms with van der Waals surface area (Å²) in [5.74, 6) is -0.723. The van der Waals surface area contributed by atoms with E-state index < -0.39 is 16.7 Å². The smallest absolute Gasteiger partial charge is 0.270 e. The third kappa shape index (κ3) is 5.50. The van der Waals surface area contributed by atoms with Gasteiger partial charge in [0.25, 0.3) is 17.5 Å². The van der Waals surface area contributed by atoms with Crippen LogP contribution in [0.4, 0.5) is 11.4 Å². The Morgan fingerprint density at radius 2 is 1.72 bits per heavy atom. The second kappa shape index (κ2) is 10.8. The second-order valence-electron chi connectivity index (χ2n) is 7.87. The number of amides is 2. The van der Waals surface area contributed by atoms with Crippen LogP contribution >= 0.6 is 28.1 Å². The minimum Gasteiger partial charge on any atom is -0.488 e. The number of thiocarbonyl (C=S) groups is 1. The molecule has 1 saturated heterocycles. The number of nitrogens with one attached hydrogen (secondary N) is 1. The Labute approximate surface area is 220 Å². The first-order chi connectivity index (χ1) is 17.3. The van der Waals surface area contributed by atoms with E-state index in [2.05, 4.69) is 21.2 Å². The van der Waals surface area contributed by atoms with Gasteiger partial charge >= 0.3 is 0 Å². The van der Waals surface area contributed by atoms with Gasteiger partial charge in [-0.15, -0.1) is 0 Å². The number of hydrogen-bond acceptors (Lipinski definition) is 6. The van der Waals surface area contributed by atoms with Crippen molar-refractivity contribution in [2.24, 2.45) is 0 Å². The zero-order valence-corrected chi connectivity index (χ0v) is 21.5. The Hall–Kier alpha value is -3.89. The molecule has 4 rings (SSSR count). The van der Waals surface area contributed by atoms with E-state index in [-0.39, 0.29) is 23.0 Å². The number of rotatable bonds is 7. The molecule has 0 bridgehead atoms. The monoisotopic (exact) mass is 565 g/mol. The van der Waals surface area contributed by atoms with Gasteiger partial charge < -0.3 is 4.74 Å². The number of nitro groups is 1. The molecule has 36 heavy (non-hydrogen) atoms. The van der Waals surface area contributed by atoms with Gasteiger partial charge in [0.1, 0.15) is 17.9 Å². The van der Waals surface area contributed by atoms with Gasteiger partial charge in [-0.3, -0.25) is 29.9 Å². The molecule has 0 saturated carbocycles. The van der Waals surface area contributed by atoms with Crippen molar-refractivity contribution in [2.75, 3.05) is 4.90 Å². The summed E-state index contributed by atoms with van der Waals surface area (Å²) in [7, 11) is 0. The number of non-ortho nitro benzene ring substituents is 1. The molecule has 10 heteroatoms. The fourth-order valence-electron chi connectivity index (χ4n) is 3.57. The summed E-state index contributed by atoms with van der Waals surface area (Å²) in [5.41, 5.74) is 2.78. The maximum Gasteiger partial charge on any atom is 0.270 e. The quantitative estimate of drug-likeness (QED) is 0.136. The zero-order chi connectivity index (χ0) is 25.8. The number of nitro benzene ring substituents is 1. The molecule has 1 fully saturated rings. The normalized spacial score (nSPS) is 14.7. The molecule has 1 N–H and O–H groups in total. The molecule has 1 aliphatic rings. The summed E-state index contributed by atoms with van der Waals surface area (Å²) in [4.78, 5) is 37.8. The van der Waals surface area contributed by atoms with Crippen molar-refractivity contribution in [3.63, 3.8) is 0 Å².